The number of halogens is 2. The van der Waals surface area contributed by atoms with Crippen LogP contribution in [0.5, 0.6) is 0 Å². The number of nitrogens with two attached hydrogens (primary N) is 2. The molecule has 0 spiro atoms. The number of hydrogen-bond acceptors (Lipinski definition) is 12. The quantitative estimate of drug-likeness (QED) is 0.110. The Morgan fingerprint density at radius 3 is 1.86 bits per heavy atom. The molecule has 7 heterocycles. The van der Waals surface area contributed by atoms with E-state index in [0.29, 0.717) is 32.1 Å². The van der Waals surface area contributed by atoms with Crippen molar-refractivity contribution >= 4 is 77.7 Å². The standard InChI is InChI=1S/C13H14ClN3O2S2.C13H14ClNO4S2.C2H4O2.H4N2.H2O/c14-12-4-5-13(20-12)21(18,19)17-8-2-1-3-11(17)9-7-15-16-10(9)6-8;14-12-4-5-13(20-12)21(18,19)15-8-2-1-3-10(15)9(7-16)11(17)6-8;1-2(3)4;1-2;/h4-5,7-8,11H,1-3,6H2,(H,15,16);4-5,7-8,10,16H,1-3,6H2;1H3,(H,3,4);1-2H2;1H2/b;9-7-;;;. The van der Waals surface area contributed by atoms with Crippen LogP contribution in [0.3, 0.4) is 0 Å². The zero-order chi connectivity index (χ0) is 35.4. The molecular formula is C28H38Cl2N6O9S4. The van der Waals surface area contributed by atoms with Crippen LogP contribution >= 0.6 is 45.9 Å². The first kappa shape index (κ1) is 41.0. The van der Waals surface area contributed by atoms with Crippen LogP contribution in [0.2, 0.25) is 8.67 Å². The van der Waals surface area contributed by atoms with Gasteiger partial charge in [-0.15, -0.1) is 22.7 Å². The van der Waals surface area contributed by atoms with Crippen molar-refractivity contribution in [1.29, 1.82) is 0 Å². The predicted molar refractivity (Wildman–Crippen MR) is 186 cm³/mol. The number of nitrogens with zero attached hydrogens (tertiary/aromatic N) is 3. The largest absolute Gasteiger partial charge is 0.515 e. The molecule has 49 heavy (non-hydrogen) atoms. The summed E-state index contributed by atoms with van der Waals surface area (Å²) < 4.78 is 56.2. The zero-order valence-electron chi connectivity index (χ0n) is 26.2. The second-order valence-corrected chi connectivity index (χ2v) is 18.8. The third-order valence-corrected chi connectivity index (χ3v) is 15.6. The maximum atomic E-state index is 13.0. The number of aliphatic carboxylic acids is 1. The maximum absolute atomic E-state index is 13.0. The van der Waals surface area contributed by atoms with Crippen molar-refractivity contribution < 1.29 is 42.1 Å². The van der Waals surface area contributed by atoms with E-state index in [1.165, 1.54) is 10.4 Å². The highest BCUT2D eigenvalue weighted by Gasteiger charge is 2.48. The molecule has 0 aromatic carbocycles. The van der Waals surface area contributed by atoms with Crippen LogP contribution in [0.4, 0.5) is 0 Å². The number of hydrazine groups is 1. The Balaban J connectivity index is 0.000000225. The third kappa shape index (κ3) is 8.73. The summed E-state index contributed by atoms with van der Waals surface area (Å²) in [6.45, 7) is 1.08. The Kier molecular flexibility index (Phi) is 14.4. The normalized spacial score (nSPS) is 24.1. The summed E-state index contributed by atoms with van der Waals surface area (Å²) in [5.74, 6) is 7.00. The fourth-order valence-corrected chi connectivity index (χ4v) is 13.4. The number of Topliss-reactive ketones (excluding diaryl/α,β-unsaturated/α-hetero) is 1. The van der Waals surface area contributed by atoms with Crippen molar-refractivity contribution in [3.8, 4) is 0 Å². The van der Waals surface area contributed by atoms with Crippen LogP contribution in [-0.2, 0) is 36.1 Å². The first-order valence-corrected chi connectivity index (χ1v) is 20.0. The number of fused-ring (bicyclic) bond motifs is 6. The average molecular weight is 802 g/mol. The van der Waals surface area contributed by atoms with Gasteiger partial charge in [-0.2, -0.15) is 13.7 Å². The van der Waals surface area contributed by atoms with Gasteiger partial charge in [-0.3, -0.25) is 26.4 Å². The second kappa shape index (κ2) is 17.2. The fourth-order valence-electron chi connectivity index (χ4n) is 6.57. The van der Waals surface area contributed by atoms with E-state index in [2.05, 4.69) is 21.9 Å². The van der Waals surface area contributed by atoms with Gasteiger partial charge in [0.25, 0.3) is 26.0 Å². The van der Waals surface area contributed by atoms with Gasteiger partial charge >= 0.3 is 0 Å². The maximum Gasteiger partial charge on any atom is 0.300 e. The monoisotopic (exact) mass is 800 g/mol. The van der Waals surface area contributed by atoms with Gasteiger partial charge in [0.2, 0.25) is 0 Å². The van der Waals surface area contributed by atoms with E-state index in [1.807, 2.05) is 0 Å². The lowest BCUT2D eigenvalue weighted by molar-refractivity contribution is -0.134. The molecule has 3 aromatic heterocycles. The first-order valence-electron chi connectivity index (χ1n) is 14.8. The Morgan fingerprint density at radius 2 is 1.39 bits per heavy atom. The second-order valence-electron chi connectivity index (χ2n) is 11.2. The summed E-state index contributed by atoms with van der Waals surface area (Å²) in [6.07, 6.45) is 8.23. The number of aromatic nitrogens is 2. The number of rotatable bonds is 4. The molecule has 3 fully saturated rings. The number of carbonyl (C=O) groups excluding carboxylic acids is 1. The van der Waals surface area contributed by atoms with Crippen LogP contribution in [0, 0.1) is 0 Å². The summed E-state index contributed by atoms with van der Waals surface area (Å²) in [5, 5.41) is 23.8. The molecule has 0 amide bonds. The van der Waals surface area contributed by atoms with Crippen LogP contribution in [0.15, 0.2) is 50.7 Å². The van der Waals surface area contributed by atoms with Crippen molar-refractivity contribution in [2.24, 2.45) is 11.7 Å². The van der Waals surface area contributed by atoms with Gasteiger partial charge < -0.3 is 15.7 Å². The van der Waals surface area contributed by atoms with E-state index in [9.17, 15) is 26.7 Å². The van der Waals surface area contributed by atoms with Gasteiger partial charge in [-0.1, -0.05) is 23.2 Å². The summed E-state index contributed by atoms with van der Waals surface area (Å²) >= 11 is 13.9. The molecule has 3 aromatic rings. The number of carboxylic acids is 1. The highest BCUT2D eigenvalue weighted by molar-refractivity contribution is 7.91. The minimum absolute atomic E-state index is 0. The Hall–Kier alpha value is -2.43. The number of aliphatic hydroxyl groups is 1. The third-order valence-electron chi connectivity index (χ3n) is 8.32. The number of H-pyrrole nitrogens is 1. The molecule has 9 N–H and O–H groups in total. The Morgan fingerprint density at radius 1 is 0.918 bits per heavy atom. The first-order chi connectivity index (χ1) is 22.7. The van der Waals surface area contributed by atoms with Crippen molar-refractivity contribution in [1.82, 2.24) is 18.8 Å². The van der Waals surface area contributed by atoms with Gasteiger partial charge in [0.1, 0.15) is 8.42 Å². The van der Waals surface area contributed by atoms with Gasteiger partial charge in [0, 0.05) is 48.7 Å². The zero-order valence-corrected chi connectivity index (χ0v) is 30.9. The molecule has 0 aliphatic carbocycles. The molecule has 4 aliphatic heterocycles. The molecule has 4 bridgehead atoms. The molecular weight excluding hydrogens is 764 g/mol. The van der Waals surface area contributed by atoms with Gasteiger partial charge in [-0.25, -0.2) is 16.8 Å². The molecule has 0 radical (unpaired) electrons. The van der Waals surface area contributed by atoms with Crippen LogP contribution in [0.1, 0.15) is 69.2 Å². The van der Waals surface area contributed by atoms with Crippen LogP contribution < -0.4 is 11.7 Å². The lowest BCUT2D eigenvalue weighted by atomic mass is 9.83. The van der Waals surface area contributed by atoms with Crippen molar-refractivity contribution in [2.45, 2.75) is 90.9 Å². The number of carboxylic acid groups (broad SMARTS) is 1. The number of piperidine rings is 3. The molecule has 4 atom stereocenters. The summed E-state index contributed by atoms with van der Waals surface area (Å²) in [4.78, 5) is 21.0. The predicted octanol–water partition coefficient (Wildman–Crippen LogP) is 3.78. The molecule has 272 valence electrons. The van der Waals surface area contributed by atoms with E-state index in [0.717, 1.165) is 72.8 Å². The fraction of sp³-hybridized carbons (Fsp3) is 0.464. The van der Waals surface area contributed by atoms with E-state index in [4.69, 9.17) is 33.1 Å². The highest BCUT2D eigenvalue weighted by atomic mass is 35.5. The molecule has 15 nitrogen and oxygen atoms in total. The van der Waals surface area contributed by atoms with Crippen molar-refractivity contribution in [3.63, 3.8) is 0 Å². The van der Waals surface area contributed by atoms with Gasteiger partial charge in [-0.05, 0) is 62.8 Å². The molecule has 4 unspecified atom stereocenters. The summed E-state index contributed by atoms with van der Waals surface area (Å²) in [6, 6.07) is 5.29. The number of thiophene rings is 2. The highest BCUT2D eigenvalue weighted by Crippen LogP contribution is 2.45. The lowest BCUT2D eigenvalue weighted by Crippen LogP contribution is -2.55. The number of aromatic amines is 1. The van der Waals surface area contributed by atoms with E-state index < -0.39 is 32.1 Å². The Labute approximate surface area is 301 Å². The number of carbonyl (C=O) groups is 2. The van der Waals surface area contributed by atoms with E-state index in [-0.39, 0.29) is 45.6 Å². The molecule has 3 saturated heterocycles. The van der Waals surface area contributed by atoms with Crippen LogP contribution in [-0.4, -0.2) is 81.2 Å². The number of ketones is 1. The number of nitrogens with one attached hydrogen (secondary N) is 1. The Bertz CT molecular complexity index is 1860. The van der Waals surface area contributed by atoms with E-state index in [1.54, 1.807) is 28.7 Å². The number of aliphatic hydroxyl groups excluding tert-OH is 1. The number of hydrogen-bond donors (Lipinski definition) is 5. The van der Waals surface area contributed by atoms with Crippen molar-refractivity contribution in [2.75, 3.05) is 0 Å². The molecule has 7 rings (SSSR count). The minimum Gasteiger partial charge on any atom is -0.515 e. The number of sulfonamides is 2. The van der Waals surface area contributed by atoms with Crippen molar-refractivity contribution in [3.05, 3.63) is 62.2 Å². The van der Waals surface area contributed by atoms with E-state index >= 15 is 0 Å². The molecule has 4 aliphatic rings. The van der Waals surface area contributed by atoms with Gasteiger partial charge in [0.05, 0.1) is 33.2 Å². The van der Waals surface area contributed by atoms with Crippen LogP contribution in [0.25, 0.3) is 0 Å². The lowest BCUT2D eigenvalue weighted by Gasteiger charge is -2.44. The topological polar surface area (TPSA) is 262 Å². The molecule has 0 saturated carbocycles. The summed E-state index contributed by atoms with van der Waals surface area (Å²) in [7, 11) is -7.20. The average Bonchev–Trinajstić information content (AvgIpc) is 3.80. The summed E-state index contributed by atoms with van der Waals surface area (Å²) in [5.41, 5.74) is 2.30. The SMILES string of the molecule is CC(=O)O.NN.O.O=C1CC2CCCC(/C1=C/O)N2S(=O)(=O)c1ccc(Cl)s1.O=S(=O)(c1ccc(Cl)s1)N1C2CCCC1c1cn[nH]c1C2. The molecule has 21 heteroatoms. The smallest absolute Gasteiger partial charge is 0.300 e. The minimum atomic E-state index is -3.70. The van der Waals surface area contributed by atoms with Gasteiger partial charge in [0.15, 0.2) is 5.78 Å².